The van der Waals surface area contributed by atoms with E-state index in [0.717, 1.165) is 0 Å². The van der Waals surface area contributed by atoms with Crippen molar-refractivity contribution in [2.24, 2.45) is 66.6 Å². The second-order valence-corrected chi connectivity index (χ2v) is 17.4. The number of hydrogen-bond acceptors (Lipinski definition) is 18. The molecule has 1 aliphatic carbocycles. The average molecular weight is 946 g/mol. The van der Waals surface area contributed by atoms with Gasteiger partial charge in [-0.2, -0.15) is 0 Å². The number of guanidine groups is 3. The van der Waals surface area contributed by atoms with Crippen LogP contribution in [0, 0.1) is 0 Å². The Bertz CT molecular complexity index is 1620. The molecule has 3 amide bonds. The molecule has 3 rings (SSSR count). The minimum Gasteiger partial charge on any atom is -0.388 e. The first-order valence-electron chi connectivity index (χ1n) is 22.4. The average Bonchev–Trinajstić information content (AvgIpc) is 3.25. The van der Waals surface area contributed by atoms with Crippen LogP contribution >= 0.6 is 0 Å². The fourth-order valence-electron chi connectivity index (χ4n) is 8.17. The molecule has 27 heteroatoms. The van der Waals surface area contributed by atoms with Gasteiger partial charge in [-0.25, -0.2) is 0 Å². The Morgan fingerprint density at radius 2 is 1.12 bits per heavy atom. The number of aliphatic hydroxyl groups excluding tert-OH is 2. The van der Waals surface area contributed by atoms with Gasteiger partial charge in [0.1, 0.15) is 30.0 Å². The second kappa shape index (κ2) is 26.9. The number of aliphatic imine (C=N–C) groups is 3. The molecule has 26 N–H and O–H groups in total. The van der Waals surface area contributed by atoms with Crippen molar-refractivity contribution in [1.82, 2.24) is 26.6 Å². The first-order chi connectivity index (χ1) is 31.1. The topological polar surface area (TPSA) is 480 Å². The van der Waals surface area contributed by atoms with E-state index in [0.29, 0.717) is 32.1 Å². The maximum absolute atomic E-state index is 13.9. The molecule has 1 unspecified atom stereocenters. The van der Waals surface area contributed by atoms with Crippen molar-refractivity contribution >= 4 is 35.6 Å². The molecule has 1 saturated carbocycles. The van der Waals surface area contributed by atoms with Gasteiger partial charge < -0.3 is 112 Å². The second-order valence-electron chi connectivity index (χ2n) is 17.4. The van der Waals surface area contributed by atoms with Crippen LogP contribution < -0.4 is 78.2 Å². The van der Waals surface area contributed by atoms with E-state index in [4.69, 9.17) is 70.6 Å². The third-order valence-electron chi connectivity index (χ3n) is 12.0. The van der Waals surface area contributed by atoms with Crippen molar-refractivity contribution < 1.29 is 48.7 Å². The fourth-order valence-corrected chi connectivity index (χ4v) is 8.17. The predicted octanol–water partition coefficient (Wildman–Crippen LogP) is -7.71. The number of carbonyl (C=O) groups excluding carboxylic acids is 3. The van der Waals surface area contributed by atoms with E-state index in [1.54, 1.807) is 14.1 Å². The highest BCUT2D eigenvalue weighted by atomic mass is 16.7. The molecule has 0 aromatic carbocycles. The molecule has 2 heterocycles. The van der Waals surface area contributed by atoms with Gasteiger partial charge in [-0.3, -0.25) is 29.4 Å². The summed E-state index contributed by atoms with van der Waals surface area (Å²) in [4.78, 5) is 53.0. The summed E-state index contributed by atoms with van der Waals surface area (Å²) in [5.74, 6) is -2.07. The van der Waals surface area contributed by atoms with Crippen molar-refractivity contribution in [3.8, 4) is 0 Å². The van der Waals surface area contributed by atoms with Crippen LogP contribution in [-0.2, 0) is 33.3 Å². The Labute approximate surface area is 385 Å². The van der Waals surface area contributed by atoms with E-state index < -0.39 is 109 Å². The van der Waals surface area contributed by atoms with E-state index in [1.807, 2.05) is 6.92 Å². The first-order valence-corrected chi connectivity index (χ1v) is 22.4. The molecule has 27 nitrogen and oxygen atoms in total. The third-order valence-corrected chi connectivity index (χ3v) is 12.0. The third kappa shape index (κ3) is 17.1. The van der Waals surface area contributed by atoms with E-state index in [1.165, 1.54) is 6.92 Å². The van der Waals surface area contributed by atoms with Crippen molar-refractivity contribution in [3.63, 3.8) is 0 Å². The van der Waals surface area contributed by atoms with Crippen molar-refractivity contribution in [1.29, 1.82) is 0 Å². The minimum atomic E-state index is -1.73. The lowest BCUT2D eigenvalue weighted by atomic mass is 9.82. The van der Waals surface area contributed by atoms with Gasteiger partial charge in [0.25, 0.3) is 0 Å². The van der Waals surface area contributed by atoms with E-state index in [-0.39, 0.29) is 75.8 Å². The molecule has 0 bridgehead atoms. The van der Waals surface area contributed by atoms with E-state index in [9.17, 15) is 29.7 Å². The lowest BCUT2D eigenvalue weighted by Gasteiger charge is -2.50. The van der Waals surface area contributed by atoms with Gasteiger partial charge in [-0.05, 0) is 85.7 Å². The number of aliphatic hydroxyl groups is 3. The van der Waals surface area contributed by atoms with Crippen LogP contribution in [0.1, 0.15) is 71.6 Å². The number of likely N-dealkylation sites (N-methyl/N-ethyl adjacent to an activating group) is 2. The standard InChI is InChI=1S/C39H79N17O10/c1-18(49-3)25-12-11-22(54-31(59)19(40)8-5-13-51-36(43)44)34(64-25)65-28-23(55-32(60)20(41)9-6-14-52-37(45)46)16-24(56-33(61)21(42)10-7-15-53-38(47)48)29(26(28)57)66-35-27(58)30(50-4)39(2,62)17-63-35/h18-30,34-35,49-50,57-58,62H,5-17,40-42H2,1-4H3,(H,54,59)(H,55,60)(H,56,61)(H4,43,44,51)(H4,45,46,52)(H4,47,48,53)/t18?,19-,20-,21-,22+,23-,24+,25-,26-,27+,28+,29-,30+,34+,35+,39-/m0/s1. The molecular formula is C39H79N17O10. The zero-order valence-electron chi connectivity index (χ0n) is 38.6. The van der Waals surface area contributed by atoms with Crippen molar-refractivity contribution in [3.05, 3.63) is 0 Å². The minimum absolute atomic E-state index is 0.0828. The molecule has 66 heavy (non-hydrogen) atoms. The molecule has 0 aromatic heterocycles. The Morgan fingerprint density at radius 1 is 0.697 bits per heavy atom. The Morgan fingerprint density at radius 3 is 1.53 bits per heavy atom. The van der Waals surface area contributed by atoms with Crippen LogP contribution in [0.2, 0.25) is 0 Å². The molecule has 0 aromatic rings. The maximum atomic E-state index is 13.9. The van der Waals surface area contributed by atoms with Gasteiger partial charge in [0.05, 0.1) is 55.0 Å². The number of amides is 3. The molecule has 3 aliphatic rings. The fraction of sp³-hybridized carbons (Fsp3) is 0.846. The molecule has 0 radical (unpaired) electrons. The highest BCUT2D eigenvalue weighted by Crippen LogP contribution is 2.34. The van der Waals surface area contributed by atoms with Gasteiger partial charge >= 0.3 is 0 Å². The molecular weight excluding hydrogens is 867 g/mol. The lowest BCUT2D eigenvalue weighted by molar-refractivity contribution is -0.309. The normalized spacial score (nSPS) is 31.8. The lowest BCUT2D eigenvalue weighted by Crippen LogP contribution is -2.71. The number of nitrogens with zero attached hydrogens (tertiary/aromatic N) is 3. The number of nitrogens with one attached hydrogen (secondary N) is 5. The number of ether oxygens (including phenoxy) is 4. The van der Waals surface area contributed by atoms with Gasteiger partial charge in [-0.15, -0.1) is 0 Å². The number of nitrogens with two attached hydrogens (primary N) is 9. The molecule has 3 fully saturated rings. The molecule has 0 spiro atoms. The highest BCUT2D eigenvalue weighted by molar-refractivity contribution is 5.83. The number of hydrogen-bond donors (Lipinski definition) is 17. The molecule has 2 aliphatic heterocycles. The zero-order chi connectivity index (χ0) is 49.3. The first kappa shape index (κ1) is 56.1. The largest absolute Gasteiger partial charge is 0.388 e. The van der Waals surface area contributed by atoms with Crippen LogP contribution in [0.5, 0.6) is 0 Å². The Hall–Kier alpha value is -4.26. The maximum Gasteiger partial charge on any atom is 0.237 e. The van der Waals surface area contributed by atoms with Crippen molar-refractivity contribution in [2.45, 2.75) is 169 Å². The van der Waals surface area contributed by atoms with Crippen LogP contribution in [0.25, 0.3) is 0 Å². The number of rotatable bonds is 25. The summed E-state index contributed by atoms with van der Waals surface area (Å²) < 4.78 is 25.4. The van der Waals surface area contributed by atoms with Crippen LogP contribution in [-0.4, -0.2) is 188 Å². The Balaban J connectivity index is 2.05. The zero-order valence-corrected chi connectivity index (χ0v) is 38.6. The summed E-state index contributed by atoms with van der Waals surface area (Å²) in [6.45, 7) is 3.81. The van der Waals surface area contributed by atoms with Gasteiger partial charge in [-0.1, -0.05) is 0 Å². The monoisotopic (exact) mass is 946 g/mol. The molecule has 380 valence electrons. The summed E-state index contributed by atoms with van der Waals surface area (Å²) in [6.07, 6.45) is -6.69. The highest BCUT2D eigenvalue weighted by Gasteiger charge is 2.53. The smallest absolute Gasteiger partial charge is 0.237 e. The molecule has 2 saturated heterocycles. The van der Waals surface area contributed by atoms with Crippen LogP contribution in [0.4, 0.5) is 0 Å². The SMILES string of the molecule is CNC(C)[C@@H]1CC[C@@H](NC(=O)[C@@H](N)CCCN=C(N)N)[C@@H](O[C@H]2[C@H](O)[C@@H](O[C@H]3OC[C@](C)(O)[C@H](NC)[C@H]3O)[C@H](NC(=O)[C@@H](N)CCCN=C(N)N)C[C@@H]2NC(=O)[C@@H](N)CCCN=C(N)N)O1. The predicted molar refractivity (Wildman–Crippen MR) is 245 cm³/mol. The van der Waals surface area contributed by atoms with Crippen LogP contribution in [0.3, 0.4) is 0 Å². The summed E-state index contributed by atoms with van der Waals surface area (Å²) in [5, 5.41) is 49.7. The van der Waals surface area contributed by atoms with Gasteiger partial charge in [0.2, 0.25) is 17.7 Å². The van der Waals surface area contributed by atoms with Crippen LogP contribution in [0.15, 0.2) is 15.0 Å². The summed E-state index contributed by atoms with van der Waals surface area (Å²) in [6, 6.07) is -7.25. The van der Waals surface area contributed by atoms with Crippen molar-refractivity contribution in [2.75, 3.05) is 40.3 Å². The Kier molecular flexibility index (Phi) is 22.9. The van der Waals surface area contributed by atoms with E-state index >= 15 is 0 Å². The van der Waals surface area contributed by atoms with Gasteiger partial charge in [0, 0.05) is 25.7 Å². The quantitative estimate of drug-likeness (QED) is 0.0230. The summed E-state index contributed by atoms with van der Waals surface area (Å²) in [5.41, 5.74) is 50.1. The summed E-state index contributed by atoms with van der Waals surface area (Å²) >= 11 is 0. The summed E-state index contributed by atoms with van der Waals surface area (Å²) in [7, 11) is 3.31. The van der Waals surface area contributed by atoms with Gasteiger partial charge in [0.15, 0.2) is 30.5 Å². The molecule has 16 atom stereocenters. The number of carbonyl (C=O) groups is 3. The van der Waals surface area contributed by atoms with E-state index in [2.05, 4.69) is 41.6 Å².